The van der Waals surface area contributed by atoms with Crippen LogP contribution in [0.5, 0.6) is 0 Å². The van der Waals surface area contributed by atoms with Crippen LogP contribution in [0.4, 0.5) is 5.69 Å². The number of carbonyl (C=O) groups is 2. The molecule has 1 atom stereocenters. The molecule has 20 heavy (non-hydrogen) atoms. The number of methoxy groups -OCH3 is 1. The Hall–Kier alpha value is -1.88. The van der Waals surface area contributed by atoms with Crippen molar-refractivity contribution in [3.63, 3.8) is 0 Å². The van der Waals surface area contributed by atoms with Crippen LogP contribution in [-0.4, -0.2) is 43.5 Å². The van der Waals surface area contributed by atoms with E-state index < -0.39 is 0 Å². The minimum Gasteiger partial charge on any atom is -0.469 e. The fourth-order valence-corrected chi connectivity index (χ4v) is 2.38. The molecule has 0 aromatic heterocycles. The molecule has 1 fully saturated rings. The van der Waals surface area contributed by atoms with E-state index in [0.717, 1.165) is 24.2 Å². The molecule has 0 bridgehead atoms. The van der Waals surface area contributed by atoms with Crippen molar-refractivity contribution in [1.29, 1.82) is 0 Å². The van der Waals surface area contributed by atoms with Gasteiger partial charge in [-0.15, -0.1) is 0 Å². The predicted octanol–water partition coefficient (Wildman–Crippen LogP) is 1.43. The van der Waals surface area contributed by atoms with Crippen LogP contribution in [0.2, 0.25) is 0 Å². The molecule has 1 aromatic rings. The number of aryl methyl sites for hydroxylation is 1. The first-order chi connectivity index (χ1) is 9.58. The smallest absolute Gasteiger partial charge is 0.310 e. The van der Waals surface area contributed by atoms with Crippen LogP contribution < -0.4 is 5.32 Å². The monoisotopic (exact) mass is 276 g/mol. The molecule has 0 aliphatic carbocycles. The van der Waals surface area contributed by atoms with Crippen molar-refractivity contribution >= 4 is 17.6 Å². The molecule has 5 nitrogen and oxygen atoms in total. The van der Waals surface area contributed by atoms with Crippen molar-refractivity contribution in [1.82, 2.24) is 4.90 Å². The van der Waals surface area contributed by atoms with Gasteiger partial charge in [0.2, 0.25) is 5.91 Å². The zero-order chi connectivity index (χ0) is 14.5. The molecule has 1 saturated heterocycles. The highest BCUT2D eigenvalue weighted by molar-refractivity contribution is 5.92. The molecule has 1 heterocycles. The van der Waals surface area contributed by atoms with Crippen LogP contribution in [0.25, 0.3) is 0 Å². The Balaban J connectivity index is 1.81. The zero-order valence-electron chi connectivity index (χ0n) is 11.9. The number of benzene rings is 1. The third-order valence-electron chi connectivity index (χ3n) is 3.51. The molecule has 0 spiro atoms. The molecule has 1 aliphatic heterocycles. The van der Waals surface area contributed by atoms with Crippen molar-refractivity contribution in [3.8, 4) is 0 Å². The van der Waals surface area contributed by atoms with Crippen LogP contribution in [0.15, 0.2) is 24.3 Å². The standard InChI is InChI=1S/C15H20N2O3/c1-11-3-5-13(6-4-11)16-14(18)10-17-8-7-12(9-17)15(19)20-2/h3-6,12H,7-10H2,1-2H3,(H,16,18). The first kappa shape index (κ1) is 14.5. The van der Waals surface area contributed by atoms with Gasteiger partial charge in [0.25, 0.3) is 0 Å². The molecule has 1 aliphatic rings. The molecule has 1 unspecified atom stereocenters. The maximum Gasteiger partial charge on any atom is 0.310 e. The third kappa shape index (κ3) is 3.81. The highest BCUT2D eigenvalue weighted by Gasteiger charge is 2.29. The van der Waals surface area contributed by atoms with E-state index in [1.54, 1.807) is 0 Å². The van der Waals surface area contributed by atoms with Gasteiger partial charge in [0.05, 0.1) is 19.6 Å². The predicted molar refractivity (Wildman–Crippen MR) is 76.4 cm³/mol. The third-order valence-corrected chi connectivity index (χ3v) is 3.51. The summed E-state index contributed by atoms with van der Waals surface area (Å²) < 4.78 is 4.73. The summed E-state index contributed by atoms with van der Waals surface area (Å²) in [7, 11) is 1.40. The maximum atomic E-state index is 11.9. The minimum absolute atomic E-state index is 0.0561. The van der Waals surface area contributed by atoms with Gasteiger partial charge in [0.1, 0.15) is 0 Å². The largest absolute Gasteiger partial charge is 0.469 e. The van der Waals surface area contributed by atoms with E-state index in [-0.39, 0.29) is 17.8 Å². The molecule has 0 saturated carbocycles. The number of hydrogen-bond donors (Lipinski definition) is 1. The first-order valence-electron chi connectivity index (χ1n) is 6.75. The highest BCUT2D eigenvalue weighted by Crippen LogP contribution is 2.17. The van der Waals surface area contributed by atoms with Gasteiger partial charge < -0.3 is 10.1 Å². The van der Waals surface area contributed by atoms with Crippen LogP contribution in [0, 0.1) is 12.8 Å². The Kier molecular flexibility index (Phi) is 4.74. The number of likely N-dealkylation sites (tertiary alicyclic amines) is 1. The van der Waals surface area contributed by atoms with Gasteiger partial charge in [-0.25, -0.2) is 0 Å². The van der Waals surface area contributed by atoms with Crippen molar-refractivity contribution in [2.75, 3.05) is 32.1 Å². The number of ether oxygens (including phenoxy) is 1. The number of nitrogens with zero attached hydrogens (tertiary/aromatic N) is 1. The summed E-state index contributed by atoms with van der Waals surface area (Å²) >= 11 is 0. The van der Waals surface area contributed by atoms with E-state index in [2.05, 4.69) is 5.32 Å². The average Bonchev–Trinajstić information content (AvgIpc) is 2.89. The van der Waals surface area contributed by atoms with Crippen molar-refractivity contribution in [2.24, 2.45) is 5.92 Å². The lowest BCUT2D eigenvalue weighted by atomic mass is 10.1. The second kappa shape index (κ2) is 6.52. The fraction of sp³-hybridized carbons (Fsp3) is 0.467. The minimum atomic E-state index is -0.188. The lowest BCUT2D eigenvalue weighted by Crippen LogP contribution is -2.32. The van der Waals surface area contributed by atoms with Gasteiger partial charge in [0.15, 0.2) is 0 Å². The van der Waals surface area contributed by atoms with E-state index >= 15 is 0 Å². The summed E-state index contributed by atoms with van der Waals surface area (Å²) in [6.07, 6.45) is 0.754. The molecule has 1 N–H and O–H groups in total. The molecule has 1 aromatic carbocycles. The van der Waals surface area contributed by atoms with Crippen LogP contribution in [-0.2, 0) is 14.3 Å². The van der Waals surface area contributed by atoms with Gasteiger partial charge in [-0.2, -0.15) is 0 Å². The number of nitrogens with one attached hydrogen (secondary N) is 1. The molecule has 5 heteroatoms. The van der Waals surface area contributed by atoms with E-state index in [1.807, 2.05) is 36.1 Å². The summed E-state index contributed by atoms with van der Waals surface area (Å²) in [6, 6.07) is 7.68. The van der Waals surface area contributed by atoms with Gasteiger partial charge in [-0.05, 0) is 32.0 Å². The van der Waals surface area contributed by atoms with E-state index in [4.69, 9.17) is 4.74 Å². The number of rotatable bonds is 4. The first-order valence-corrected chi connectivity index (χ1v) is 6.75. The van der Waals surface area contributed by atoms with Gasteiger partial charge >= 0.3 is 5.97 Å². The topological polar surface area (TPSA) is 58.6 Å². The molecule has 0 radical (unpaired) electrons. The molecule has 2 rings (SSSR count). The second-order valence-electron chi connectivity index (χ2n) is 5.16. The normalized spacial score (nSPS) is 18.8. The zero-order valence-corrected chi connectivity index (χ0v) is 11.9. The highest BCUT2D eigenvalue weighted by atomic mass is 16.5. The van der Waals surface area contributed by atoms with Crippen LogP contribution in [0.1, 0.15) is 12.0 Å². The quantitative estimate of drug-likeness (QED) is 0.845. The molecule has 1 amide bonds. The maximum absolute atomic E-state index is 11.9. The van der Waals surface area contributed by atoms with E-state index in [0.29, 0.717) is 13.1 Å². The van der Waals surface area contributed by atoms with Crippen molar-refractivity contribution in [3.05, 3.63) is 29.8 Å². The number of amides is 1. The van der Waals surface area contributed by atoms with Gasteiger partial charge in [-0.1, -0.05) is 17.7 Å². The summed E-state index contributed by atoms with van der Waals surface area (Å²) in [5.74, 6) is -0.349. The molecular weight excluding hydrogens is 256 g/mol. The Morgan fingerprint density at radius 2 is 2.05 bits per heavy atom. The lowest BCUT2D eigenvalue weighted by molar-refractivity contribution is -0.145. The number of hydrogen-bond acceptors (Lipinski definition) is 4. The number of anilines is 1. The van der Waals surface area contributed by atoms with Crippen molar-refractivity contribution < 1.29 is 14.3 Å². The van der Waals surface area contributed by atoms with E-state index in [1.165, 1.54) is 7.11 Å². The van der Waals surface area contributed by atoms with E-state index in [9.17, 15) is 9.59 Å². The number of carbonyl (C=O) groups excluding carboxylic acids is 2. The Morgan fingerprint density at radius 1 is 1.35 bits per heavy atom. The lowest BCUT2D eigenvalue weighted by Gasteiger charge is -2.15. The Morgan fingerprint density at radius 3 is 2.70 bits per heavy atom. The van der Waals surface area contributed by atoms with Crippen LogP contribution >= 0.6 is 0 Å². The second-order valence-corrected chi connectivity index (χ2v) is 5.16. The average molecular weight is 276 g/mol. The summed E-state index contributed by atoms with van der Waals surface area (Å²) in [5, 5.41) is 2.86. The Bertz CT molecular complexity index is 484. The summed E-state index contributed by atoms with van der Waals surface area (Å²) in [5.41, 5.74) is 1.95. The van der Waals surface area contributed by atoms with Gasteiger partial charge in [0, 0.05) is 12.2 Å². The summed E-state index contributed by atoms with van der Waals surface area (Å²) in [4.78, 5) is 25.3. The van der Waals surface area contributed by atoms with Crippen molar-refractivity contribution in [2.45, 2.75) is 13.3 Å². The Labute approximate surface area is 118 Å². The number of esters is 1. The van der Waals surface area contributed by atoms with Gasteiger partial charge in [-0.3, -0.25) is 14.5 Å². The van der Waals surface area contributed by atoms with Crippen LogP contribution in [0.3, 0.4) is 0 Å². The summed E-state index contributed by atoms with van der Waals surface area (Å²) in [6.45, 7) is 3.65. The molecule has 108 valence electrons. The SMILES string of the molecule is COC(=O)C1CCN(CC(=O)Nc2ccc(C)cc2)C1. The fourth-order valence-electron chi connectivity index (χ4n) is 2.38. The molecular formula is C15H20N2O3.